The van der Waals surface area contributed by atoms with Gasteiger partial charge in [-0.1, -0.05) is 31.9 Å². The molecule has 2 aromatic rings. The largest absolute Gasteiger partial charge is 0.493 e. The summed E-state index contributed by atoms with van der Waals surface area (Å²) in [6.45, 7) is 6.76. The molecule has 0 radical (unpaired) electrons. The molecule has 3 nitrogen and oxygen atoms in total. The molecule has 0 bridgehead atoms. The van der Waals surface area contributed by atoms with Crippen LogP contribution in [0.4, 0.5) is 10.1 Å². The van der Waals surface area contributed by atoms with Gasteiger partial charge in [0, 0.05) is 5.69 Å². The first-order valence-electron chi connectivity index (χ1n) is 9.78. The molecule has 1 N–H and O–H groups in total. The lowest BCUT2D eigenvalue weighted by Gasteiger charge is -2.28. The Morgan fingerprint density at radius 2 is 1.70 bits per heavy atom. The van der Waals surface area contributed by atoms with Crippen molar-refractivity contribution in [2.75, 3.05) is 11.9 Å². The second-order valence-corrected chi connectivity index (χ2v) is 7.54. The van der Waals surface area contributed by atoms with Gasteiger partial charge < -0.3 is 10.1 Å². The summed E-state index contributed by atoms with van der Waals surface area (Å²) < 4.78 is 19.2. The van der Waals surface area contributed by atoms with Gasteiger partial charge in [-0.05, 0) is 74.1 Å². The van der Waals surface area contributed by atoms with Crippen LogP contribution in [-0.2, 0) is 10.2 Å². The Bertz CT molecular complexity index is 785. The van der Waals surface area contributed by atoms with Crippen LogP contribution in [0.2, 0.25) is 0 Å². The van der Waals surface area contributed by atoms with Crippen LogP contribution in [-0.4, -0.2) is 12.5 Å². The Hall–Kier alpha value is -2.36. The van der Waals surface area contributed by atoms with Gasteiger partial charge in [-0.2, -0.15) is 0 Å². The SMILES string of the molecule is CCCOc1c(C)cc(NC(=O)C2(c3ccc(F)cc3)CCCC2)cc1C. The van der Waals surface area contributed by atoms with Gasteiger partial charge in [0.25, 0.3) is 0 Å². The molecule has 1 amide bonds. The van der Waals surface area contributed by atoms with Gasteiger partial charge in [0.15, 0.2) is 0 Å². The van der Waals surface area contributed by atoms with E-state index in [0.29, 0.717) is 6.61 Å². The maximum absolute atomic E-state index is 13.3. The predicted octanol–water partition coefficient (Wildman–Crippen LogP) is 5.68. The van der Waals surface area contributed by atoms with Crippen molar-refractivity contribution in [2.24, 2.45) is 0 Å². The molecule has 2 aromatic carbocycles. The number of benzene rings is 2. The maximum atomic E-state index is 13.3. The minimum atomic E-state index is -0.576. The molecule has 0 spiro atoms. The number of rotatable bonds is 6. The van der Waals surface area contributed by atoms with Crippen LogP contribution in [0.3, 0.4) is 0 Å². The Morgan fingerprint density at radius 3 is 2.26 bits per heavy atom. The molecule has 0 unspecified atom stereocenters. The van der Waals surface area contributed by atoms with Gasteiger partial charge in [-0.3, -0.25) is 4.79 Å². The molecule has 0 aliphatic heterocycles. The third kappa shape index (κ3) is 4.00. The van der Waals surface area contributed by atoms with Crippen LogP contribution < -0.4 is 10.1 Å². The first kappa shape index (κ1) is 19.4. The fourth-order valence-corrected chi connectivity index (χ4v) is 4.10. The first-order chi connectivity index (χ1) is 13.0. The average molecular weight is 369 g/mol. The molecule has 4 heteroatoms. The summed E-state index contributed by atoms with van der Waals surface area (Å²) in [6.07, 6.45) is 4.55. The van der Waals surface area contributed by atoms with Crippen molar-refractivity contribution in [2.45, 2.75) is 58.3 Å². The number of carbonyl (C=O) groups excluding carboxylic acids is 1. The third-order valence-electron chi connectivity index (χ3n) is 5.46. The molecule has 0 saturated heterocycles. The van der Waals surface area contributed by atoms with Gasteiger partial charge in [0.05, 0.1) is 12.0 Å². The van der Waals surface area contributed by atoms with Gasteiger partial charge in [-0.15, -0.1) is 0 Å². The molecule has 1 aliphatic rings. The monoisotopic (exact) mass is 369 g/mol. The summed E-state index contributed by atoms with van der Waals surface area (Å²) in [5.41, 5.74) is 3.14. The molecular weight excluding hydrogens is 341 g/mol. The fourth-order valence-electron chi connectivity index (χ4n) is 4.10. The number of amides is 1. The van der Waals surface area contributed by atoms with Crippen LogP contribution in [0.25, 0.3) is 0 Å². The molecule has 144 valence electrons. The first-order valence-corrected chi connectivity index (χ1v) is 9.78. The van der Waals surface area contributed by atoms with E-state index < -0.39 is 5.41 Å². The summed E-state index contributed by atoms with van der Waals surface area (Å²) >= 11 is 0. The summed E-state index contributed by atoms with van der Waals surface area (Å²) in [7, 11) is 0. The lowest BCUT2D eigenvalue weighted by Crippen LogP contribution is -2.38. The van der Waals surface area contributed by atoms with Crippen LogP contribution in [0, 0.1) is 19.7 Å². The number of hydrogen-bond donors (Lipinski definition) is 1. The number of anilines is 1. The smallest absolute Gasteiger partial charge is 0.235 e. The molecule has 1 saturated carbocycles. The summed E-state index contributed by atoms with van der Waals surface area (Å²) in [5.74, 6) is 0.609. The zero-order valence-electron chi connectivity index (χ0n) is 16.4. The zero-order valence-corrected chi connectivity index (χ0v) is 16.4. The Balaban J connectivity index is 1.85. The topological polar surface area (TPSA) is 38.3 Å². The Kier molecular flexibility index (Phi) is 5.83. The molecule has 1 aliphatic carbocycles. The Morgan fingerprint density at radius 1 is 1.11 bits per heavy atom. The van der Waals surface area contributed by atoms with E-state index in [1.807, 2.05) is 26.0 Å². The fraction of sp³-hybridized carbons (Fsp3) is 0.435. The van der Waals surface area contributed by atoms with Crippen LogP contribution in [0.5, 0.6) is 5.75 Å². The number of ether oxygens (including phenoxy) is 1. The van der Waals surface area contributed by atoms with E-state index in [2.05, 4.69) is 12.2 Å². The molecule has 3 rings (SSSR count). The predicted molar refractivity (Wildman–Crippen MR) is 107 cm³/mol. The van der Waals surface area contributed by atoms with Crippen LogP contribution >= 0.6 is 0 Å². The number of nitrogens with one attached hydrogen (secondary N) is 1. The average Bonchev–Trinajstić information content (AvgIpc) is 3.13. The van der Waals surface area contributed by atoms with E-state index in [9.17, 15) is 9.18 Å². The van der Waals surface area contributed by atoms with E-state index in [-0.39, 0.29) is 11.7 Å². The van der Waals surface area contributed by atoms with E-state index in [4.69, 9.17) is 4.74 Å². The number of hydrogen-bond acceptors (Lipinski definition) is 2. The van der Waals surface area contributed by atoms with Crippen LogP contribution in [0.1, 0.15) is 55.7 Å². The highest BCUT2D eigenvalue weighted by Crippen LogP contribution is 2.42. The minimum Gasteiger partial charge on any atom is -0.493 e. The van der Waals surface area contributed by atoms with Crippen molar-refractivity contribution in [3.63, 3.8) is 0 Å². The highest BCUT2D eigenvalue weighted by molar-refractivity contribution is 5.99. The van der Waals surface area contributed by atoms with E-state index in [0.717, 1.165) is 60.2 Å². The number of halogens is 1. The van der Waals surface area contributed by atoms with Gasteiger partial charge >= 0.3 is 0 Å². The van der Waals surface area contributed by atoms with Crippen molar-refractivity contribution in [1.29, 1.82) is 0 Å². The molecular formula is C23H28FNO2. The van der Waals surface area contributed by atoms with Gasteiger partial charge in [0.1, 0.15) is 11.6 Å². The lowest BCUT2D eigenvalue weighted by molar-refractivity contribution is -0.121. The molecule has 27 heavy (non-hydrogen) atoms. The second-order valence-electron chi connectivity index (χ2n) is 7.54. The molecule has 0 heterocycles. The van der Waals surface area contributed by atoms with Crippen molar-refractivity contribution in [3.05, 3.63) is 58.9 Å². The molecule has 0 atom stereocenters. The second kappa shape index (κ2) is 8.12. The quantitative estimate of drug-likeness (QED) is 0.711. The van der Waals surface area contributed by atoms with E-state index in [1.165, 1.54) is 12.1 Å². The minimum absolute atomic E-state index is 0.00682. The van der Waals surface area contributed by atoms with E-state index >= 15 is 0 Å². The number of carbonyl (C=O) groups is 1. The maximum Gasteiger partial charge on any atom is 0.235 e. The van der Waals surface area contributed by atoms with Crippen LogP contribution in [0.15, 0.2) is 36.4 Å². The van der Waals surface area contributed by atoms with Crippen molar-refractivity contribution < 1.29 is 13.9 Å². The zero-order chi connectivity index (χ0) is 19.4. The van der Waals surface area contributed by atoms with Gasteiger partial charge in [0.2, 0.25) is 5.91 Å². The Labute approximate surface area is 160 Å². The summed E-state index contributed by atoms with van der Waals surface area (Å²) in [6, 6.07) is 10.3. The standard InChI is InChI=1S/C23H28FNO2/c1-4-13-27-21-16(2)14-20(15-17(21)3)25-22(26)23(11-5-6-12-23)18-7-9-19(24)10-8-18/h7-10,14-15H,4-6,11-13H2,1-3H3,(H,25,26). The molecule has 0 aromatic heterocycles. The number of aryl methyl sites for hydroxylation is 2. The third-order valence-corrected chi connectivity index (χ3v) is 5.46. The highest BCUT2D eigenvalue weighted by Gasteiger charge is 2.42. The van der Waals surface area contributed by atoms with Gasteiger partial charge in [-0.25, -0.2) is 4.39 Å². The van der Waals surface area contributed by atoms with Crippen molar-refractivity contribution in [3.8, 4) is 5.75 Å². The highest BCUT2D eigenvalue weighted by atomic mass is 19.1. The van der Waals surface area contributed by atoms with Crippen molar-refractivity contribution in [1.82, 2.24) is 0 Å². The normalized spacial score (nSPS) is 15.6. The summed E-state index contributed by atoms with van der Waals surface area (Å²) in [5, 5.41) is 3.11. The van der Waals surface area contributed by atoms with Crippen molar-refractivity contribution >= 4 is 11.6 Å². The lowest BCUT2D eigenvalue weighted by atomic mass is 9.78. The molecule has 1 fully saturated rings. The van der Waals surface area contributed by atoms with E-state index in [1.54, 1.807) is 12.1 Å². The summed E-state index contributed by atoms with van der Waals surface area (Å²) in [4.78, 5) is 13.3.